The monoisotopic (exact) mass is 362 g/mol. The average Bonchev–Trinajstić information content (AvgIpc) is 2.49. The van der Waals surface area contributed by atoms with E-state index in [1.54, 1.807) is 0 Å². The van der Waals surface area contributed by atoms with Crippen molar-refractivity contribution in [1.29, 1.82) is 0 Å². The predicted molar refractivity (Wildman–Crippen MR) is 92.2 cm³/mol. The molecule has 2 atom stereocenters. The number of amides is 1. The van der Waals surface area contributed by atoms with Crippen LogP contribution in [0.2, 0.25) is 5.02 Å². The van der Waals surface area contributed by atoms with Crippen molar-refractivity contribution in [2.45, 2.75) is 29.9 Å². The number of thioether (sulfide) groups is 1. The molecule has 0 aliphatic carbocycles. The fourth-order valence-electron chi connectivity index (χ4n) is 2.73. The Morgan fingerprint density at radius 3 is 3.14 bits per heavy atom. The van der Waals surface area contributed by atoms with Crippen LogP contribution in [0.3, 0.4) is 0 Å². The van der Waals surface area contributed by atoms with Crippen molar-refractivity contribution >= 4 is 41.7 Å². The van der Waals surface area contributed by atoms with Crippen LogP contribution in [-0.2, 0) is 9.53 Å². The van der Waals surface area contributed by atoms with E-state index in [-0.39, 0.29) is 30.5 Å². The topological polar surface area (TPSA) is 50.4 Å². The fourth-order valence-corrected chi connectivity index (χ4v) is 4.01. The van der Waals surface area contributed by atoms with E-state index in [1.165, 1.54) is 4.90 Å². The maximum atomic E-state index is 12.2. The third-order valence-corrected chi connectivity index (χ3v) is 5.12. The number of carbonyl (C=O) groups excluding carboxylic acids is 1. The first-order valence-corrected chi connectivity index (χ1v) is 8.62. The van der Waals surface area contributed by atoms with Crippen molar-refractivity contribution in [2.75, 3.05) is 25.4 Å². The van der Waals surface area contributed by atoms with E-state index in [1.807, 2.05) is 30.0 Å². The summed E-state index contributed by atoms with van der Waals surface area (Å²) in [4.78, 5) is 13.4. The molecule has 2 N–H and O–H groups in total. The number of nitrogens with one attached hydrogen (secondary N) is 2. The Hall–Kier alpha value is -0.460. The first kappa shape index (κ1) is 17.9. The molecule has 1 amide bonds. The Labute approximate surface area is 146 Å². The molecule has 0 saturated carbocycles. The molecule has 3 rings (SSSR count). The van der Waals surface area contributed by atoms with Crippen molar-refractivity contribution in [3.05, 3.63) is 28.8 Å². The molecule has 1 aromatic carbocycles. The number of rotatable bonds is 3. The highest BCUT2D eigenvalue weighted by Gasteiger charge is 2.24. The van der Waals surface area contributed by atoms with Crippen LogP contribution in [0.15, 0.2) is 23.1 Å². The van der Waals surface area contributed by atoms with Gasteiger partial charge in [-0.25, -0.2) is 0 Å². The molecule has 0 bridgehead atoms. The first-order valence-electron chi connectivity index (χ1n) is 7.26. The molecule has 0 radical (unpaired) electrons. The van der Waals surface area contributed by atoms with Gasteiger partial charge in [-0.3, -0.25) is 4.79 Å². The zero-order valence-electron chi connectivity index (χ0n) is 12.1. The molecule has 22 heavy (non-hydrogen) atoms. The predicted octanol–water partition coefficient (Wildman–Crippen LogP) is 2.79. The van der Waals surface area contributed by atoms with Crippen LogP contribution in [-0.4, -0.2) is 37.5 Å². The molecule has 2 aliphatic heterocycles. The lowest BCUT2D eigenvalue weighted by molar-refractivity contribution is -0.125. The quantitative estimate of drug-likeness (QED) is 0.867. The van der Waals surface area contributed by atoms with Crippen LogP contribution in [0.1, 0.15) is 24.4 Å². The number of fused-ring (bicyclic) bond motifs is 1. The summed E-state index contributed by atoms with van der Waals surface area (Å²) in [6.07, 6.45) is 1.33. The lowest BCUT2D eigenvalue weighted by atomic mass is 10.0. The van der Waals surface area contributed by atoms with E-state index in [9.17, 15) is 4.79 Å². The van der Waals surface area contributed by atoms with Crippen LogP contribution in [0.25, 0.3) is 0 Å². The summed E-state index contributed by atoms with van der Waals surface area (Å²) in [7, 11) is 0. The number of hydrogen-bond acceptors (Lipinski definition) is 4. The summed E-state index contributed by atoms with van der Waals surface area (Å²) in [5, 5.41) is 7.09. The van der Waals surface area contributed by atoms with Crippen molar-refractivity contribution in [2.24, 2.45) is 0 Å². The molecule has 2 aliphatic rings. The second-order valence-corrected chi connectivity index (χ2v) is 6.91. The summed E-state index contributed by atoms with van der Waals surface area (Å²) in [5.74, 6) is 1.06. The Morgan fingerprint density at radius 1 is 1.50 bits per heavy atom. The molecule has 4 nitrogen and oxygen atoms in total. The van der Waals surface area contributed by atoms with Gasteiger partial charge in [0.2, 0.25) is 5.91 Å². The number of hydrogen-bond donors (Lipinski definition) is 2. The van der Waals surface area contributed by atoms with E-state index in [0.29, 0.717) is 13.0 Å². The SMILES string of the molecule is Cl.O=C(CC1CNCCO1)NC1CCSc2ccc(Cl)cc21. The van der Waals surface area contributed by atoms with Crippen LogP contribution in [0.5, 0.6) is 0 Å². The minimum Gasteiger partial charge on any atom is -0.375 e. The third kappa shape index (κ3) is 4.52. The second kappa shape index (κ2) is 8.41. The Bertz CT molecular complexity index is 524. The largest absolute Gasteiger partial charge is 0.375 e. The molecule has 1 saturated heterocycles. The Balaban J connectivity index is 0.00000176. The molecule has 7 heteroatoms. The van der Waals surface area contributed by atoms with Gasteiger partial charge in [-0.15, -0.1) is 24.2 Å². The van der Waals surface area contributed by atoms with Gasteiger partial charge >= 0.3 is 0 Å². The molecule has 2 heterocycles. The highest BCUT2D eigenvalue weighted by Crippen LogP contribution is 2.37. The number of morpholine rings is 1. The van der Waals surface area contributed by atoms with Gasteiger partial charge in [0, 0.05) is 28.8 Å². The highest BCUT2D eigenvalue weighted by molar-refractivity contribution is 7.99. The lowest BCUT2D eigenvalue weighted by Gasteiger charge is -2.28. The third-order valence-electron chi connectivity index (χ3n) is 3.76. The average molecular weight is 363 g/mol. The molecule has 0 spiro atoms. The van der Waals surface area contributed by atoms with Gasteiger partial charge in [-0.05, 0) is 30.2 Å². The second-order valence-electron chi connectivity index (χ2n) is 5.34. The van der Waals surface area contributed by atoms with Crippen LogP contribution >= 0.6 is 35.8 Å². The van der Waals surface area contributed by atoms with E-state index in [2.05, 4.69) is 10.6 Å². The van der Waals surface area contributed by atoms with Gasteiger partial charge in [0.25, 0.3) is 0 Å². The smallest absolute Gasteiger partial charge is 0.223 e. The minimum atomic E-state index is -0.0180. The van der Waals surface area contributed by atoms with Crippen molar-refractivity contribution in [3.8, 4) is 0 Å². The van der Waals surface area contributed by atoms with Gasteiger partial charge in [0.15, 0.2) is 0 Å². The maximum Gasteiger partial charge on any atom is 0.223 e. The van der Waals surface area contributed by atoms with Gasteiger partial charge < -0.3 is 15.4 Å². The van der Waals surface area contributed by atoms with Crippen molar-refractivity contribution in [3.63, 3.8) is 0 Å². The molecule has 2 unspecified atom stereocenters. The normalized spacial score (nSPS) is 24.0. The minimum absolute atomic E-state index is 0. The van der Waals surface area contributed by atoms with E-state index >= 15 is 0 Å². The van der Waals surface area contributed by atoms with Crippen LogP contribution < -0.4 is 10.6 Å². The molecule has 1 fully saturated rings. The zero-order valence-corrected chi connectivity index (χ0v) is 14.5. The molecule has 0 aromatic heterocycles. The summed E-state index contributed by atoms with van der Waals surface area (Å²) in [6, 6.07) is 5.96. The molecule has 1 aromatic rings. The first-order chi connectivity index (χ1) is 10.2. The van der Waals surface area contributed by atoms with E-state index in [0.717, 1.165) is 35.8 Å². The van der Waals surface area contributed by atoms with Gasteiger partial charge in [-0.2, -0.15) is 0 Å². The maximum absolute atomic E-state index is 12.2. The Morgan fingerprint density at radius 2 is 2.36 bits per heavy atom. The number of halogens is 2. The molecular formula is C15H20Cl2N2O2S. The summed E-state index contributed by atoms with van der Waals surface area (Å²) in [5.41, 5.74) is 1.13. The van der Waals surface area contributed by atoms with Gasteiger partial charge in [0.1, 0.15) is 0 Å². The van der Waals surface area contributed by atoms with Crippen LogP contribution in [0.4, 0.5) is 0 Å². The highest BCUT2D eigenvalue weighted by atomic mass is 35.5. The lowest BCUT2D eigenvalue weighted by Crippen LogP contribution is -2.42. The van der Waals surface area contributed by atoms with E-state index < -0.39 is 0 Å². The number of carbonyl (C=O) groups is 1. The molecular weight excluding hydrogens is 343 g/mol. The summed E-state index contributed by atoms with van der Waals surface area (Å²) in [6.45, 7) is 2.29. The molecule has 122 valence electrons. The fraction of sp³-hybridized carbons (Fsp3) is 0.533. The zero-order chi connectivity index (χ0) is 14.7. The summed E-state index contributed by atoms with van der Waals surface area (Å²) >= 11 is 7.90. The summed E-state index contributed by atoms with van der Waals surface area (Å²) < 4.78 is 5.58. The Kier molecular flexibility index (Phi) is 6.84. The van der Waals surface area contributed by atoms with Crippen molar-refractivity contribution < 1.29 is 9.53 Å². The number of benzene rings is 1. The van der Waals surface area contributed by atoms with Crippen molar-refractivity contribution in [1.82, 2.24) is 10.6 Å². The number of ether oxygens (including phenoxy) is 1. The van der Waals surface area contributed by atoms with Crippen LogP contribution in [0, 0.1) is 0 Å². The van der Waals surface area contributed by atoms with E-state index in [4.69, 9.17) is 16.3 Å². The van der Waals surface area contributed by atoms with Gasteiger partial charge in [-0.1, -0.05) is 11.6 Å². The van der Waals surface area contributed by atoms with Gasteiger partial charge in [0.05, 0.1) is 25.2 Å². The standard InChI is InChI=1S/C15H19ClN2O2S.ClH/c16-10-1-2-14-12(7-10)13(3-6-21-14)18-15(19)8-11-9-17-4-5-20-11;/h1-2,7,11,13,17H,3-6,8-9H2,(H,18,19);1H.